The summed E-state index contributed by atoms with van der Waals surface area (Å²) >= 11 is 0. The van der Waals surface area contributed by atoms with Gasteiger partial charge in [0.2, 0.25) is 17.7 Å². The number of hydrogen-bond donors (Lipinski definition) is 6. The van der Waals surface area contributed by atoms with Crippen LogP contribution in [0.3, 0.4) is 0 Å². The number of hydrogen-bond acceptors (Lipinski definition) is 8. The molecule has 4 amide bonds. The molecule has 0 bridgehead atoms. The number of nitrogens with two attached hydrogens (primary N) is 2. The van der Waals surface area contributed by atoms with Crippen LogP contribution in [-0.2, 0) is 20.8 Å². The molecule has 2 atom stereocenters. The summed E-state index contributed by atoms with van der Waals surface area (Å²) in [7, 11) is 0. The third kappa shape index (κ3) is 9.00. The van der Waals surface area contributed by atoms with E-state index in [-0.39, 0.29) is 13.0 Å². The van der Waals surface area contributed by atoms with Gasteiger partial charge in [0.15, 0.2) is 0 Å². The number of aromatic amines is 1. The molecule has 3 rings (SSSR count). The van der Waals surface area contributed by atoms with Gasteiger partial charge in [0.1, 0.15) is 12.1 Å². The minimum Gasteiger partial charge on any atom is -0.368 e. The average molecular weight is 536 g/mol. The maximum atomic E-state index is 13.0. The van der Waals surface area contributed by atoms with Gasteiger partial charge in [0, 0.05) is 36.3 Å². The van der Waals surface area contributed by atoms with Crippen LogP contribution in [0.2, 0.25) is 0 Å². The number of aromatic nitrogens is 4. The van der Waals surface area contributed by atoms with Gasteiger partial charge < -0.3 is 32.4 Å². The first-order valence-electron chi connectivity index (χ1n) is 12.5. The third-order valence-corrected chi connectivity index (χ3v) is 5.85. The Kier molecular flexibility index (Phi) is 10.6. The van der Waals surface area contributed by atoms with Gasteiger partial charge in [-0.25, -0.2) is 4.98 Å². The van der Waals surface area contributed by atoms with Gasteiger partial charge in [-0.1, -0.05) is 0 Å². The molecule has 0 saturated heterocycles. The zero-order valence-electron chi connectivity index (χ0n) is 21.6. The van der Waals surface area contributed by atoms with Crippen molar-refractivity contribution >= 4 is 23.6 Å². The number of H-pyrrole nitrogens is 1. The molecule has 206 valence electrons. The van der Waals surface area contributed by atoms with E-state index in [0.717, 1.165) is 5.56 Å². The van der Waals surface area contributed by atoms with Crippen LogP contribution in [0.15, 0.2) is 49.2 Å². The molecule has 0 saturated carbocycles. The van der Waals surface area contributed by atoms with E-state index in [2.05, 4.69) is 35.9 Å². The first-order chi connectivity index (χ1) is 18.8. The van der Waals surface area contributed by atoms with Crippen LogP contribution in [0.1, 0.15) is 40.9 Å². The van der Waals surface area contributed by atoms with Gasteiger partial charge in [-0.15, -0.1) is 0 Å². The summed E-state index contributed by atoms with van der Waals surface area (Å²) in [5.74, 6) is -2.37. The van der Waals surface area contributed by atoms with E-state index in [1.165, 1.54) is 24.8 Å². The number of carbonyl (C=O) groups is 4. The fourth-order valence-corrected chi connectivity index (χ4v) is 3.77. The van der Waals surface area contributed by atoms with Crippen molar-refractivity contribution in [2.45, 2.75) is 44.7 Å². The number of carbonyl (C=O) groups excluding carboxylic acids is 4. The molecule has 3 aromatic rings. The van der Waals surface area contributed by atoms with Crippen molar-refractivity contribution in [3.63, 3.8) is 0 Å². The van der Waals surface area contributed by atoms with Crippen molar-refractivity contribution in [1.29, 1.82) is 0 Å². The van der Waals surface area contributed by atoms with E-state index >= 15 is 0 Å². The quantitative estimate of drug-likeness (QED) is 0.151. The molecule has 0 aromatic carbocycles. The Labute approximate surface area is 225 Å². The second-order valence-corrected chi connectivity index (χ2v) is 8.98. The van der Waals surface area contributed by atoms with Gasteiger partial charge in [-0.05, 0) is 62.6 Å². The average Bonchev–Trinajstić information content (AvgIpc) is 3.44. The number of unbranched alkanes of at least 4 members (excludes halogenated alkanes) is 1. The van der Waals surface area contributed by atoms with Crippen LogP contribution in [-0.4, -0.2) is 68.7 Å². The Morgan fingerprint density at radius 3 is 2.41 bits per heavy atom. The highest BCUT2D eigenvalue weighted by atomic mass is 16.2. The predicted octanol–water partition coefficient (Wildman–Crippen LogP) is -0.268. The lowest BCUT2D eigenvalue weighted by Gasteiger charge is -2.22. The zero-order valence-corrected chi connectivity index (χ0v) is 21.6. The Morgan fingerprint density at radius 2 is 1.74 bits per heavy atom. The summed E-state index contributed by atoms with van der Waals surface area (Å²) < 4.78 is 0. The number of primary amides is 1. The SMILES string of the molecule is Cc1ccnc(-c2cc(C(=O)NCC(=O)N[C@@H](Cc3cnc[nH]3)C(=O)N[C@@H](CCCCN)C(N)=O)ccn2)c1. The molecule has 8 N–H and O–H groups in total. The predicted molar refractivity (Wildman–Crippen MR) is 143 cm³/mol. The molecule has 13 nitrogen and oxygen atoms in total. The molecule has 0 aliphatic rings. The number of nitrogens with zero attached hydrogens (tertiary/aromatic N) is 3. The van der Waals surface area contributed by atoms with Crippen LogP contribution in [0, 0.1) is 6.92 Å². The molecule has 3 aromatic heterocycles. The Hall–Kier alpha value is -4.65. The second-order valence-electron chi connectivity index (χ2n) is 8.98. The number of pyridine rings is 2. The normalized spacial score (nSPS) is 12.3. The molecule has 0 radical (unpaired) electrons. The summed E-state index contributed by atoms with van der Waals surface area (Å²) in [6, 6.07) is 4.85. The molecule has 0 aliphatic heterocycles. The van der Waals surface area contributed by atoms with Crippen LogP contribution in [0.5, 0.6) is 0 Å². The lowest BCUT2D eigenvalue weighted by atomic mass is 10.1. The Morgan fingerprint density at radius 1 is 1.00 bits per heavy atom. The van der Waals surface area contributed by atoms with Gasteiger partial charge in [-0.3, -0.25) is 29.1 Å². The van der Waals surface area contributed by atoms with Crippen molar-refractivity contribution in [1.82, 2.24) is 35.9 Å². The van der Waals surface area contributed by atoms with Crippen molar-refractivity contribution in [2.24, 2.45) is 11.5 Å². The van der Waals surface area contributed by atoms with E-state index in [4.69, 9.17) is 11.5 Å². The van der Waals surface area contributed by atoms with E-state index in [0.29, 0.717) is 48.5 Å². The zero-order chi connectivity index (χ0) is 28.2. The molecule has 39 heavy (non-hydrogen) atoms. The van der Waals surface area contributed by atoms with E-state index < -0.39 is 35.7 Å². The van der Waals surface area contributed by atoms with Crippen molar-refractivity contribution in [3.05, 3.63) is 66.0 Å². The summed E-state index contributed by atoms with van der Waals surface area (Å²) in [5.41, 5.74) is 14.0. The van der Waals surface area contributed by atoms with E-state index in [1.807, 2.05) is 19.1 Å². The minimum atomic E-state index is -1.05. The number of nitrogens with one attached hydrogen (secondary N) is 4. The largest absolute Gasteiger partial charge is 0.368 e. The van der Waals surface area contributed by atoms with Gasteiger partial charge >= 0.3 is 0 Å². The van der Waals surface area contributed by atoms with Crippen molar-refractivity contribution in [2.75, 3.05) is 13.1 Å². The van der Waals surface area contributed by atoms with Gasteiger partial charge in [0.25, 0.3) is 5.91 Å². The molecule has 0 aliphatic carbocycles. The van der Waals surface area contributed by atoms with Gasteiger partial charge in [-0.2, -0.15) is 0 Å². The molecular weight excluding hydrogens is 502 g/mol. The molecule has 0 spiro atoms. The summed E-state index contributed by atoms with van der Waals surface area (Å²) in [6.45, 7) is 1.99. The Bertz CT molecular complexity index is 1280. The monoisotopic (exact) mass is 535 g/mol. The number of aryl methyl sites for hydroxylation is 1. The minimum absolute atomic E-state index is 0.0804. The standard InChI is InChI=1S/C26H33N9O4/c1-16-5-8-30-20(10-16)21-11-17(6-9-31-21)25(38)32-14-23(36)34-22(12-18-13-29-15-33-18)26(39)35-19(24(28)37)4-2-3-7-27/h5-6,8-11,13,15,19,22H,2-4,7,12,14,27H2,1H3,(H2,28,37)(H,29,33)(H,32,38)(H,34,36)(H,35,39)/t19-,22-/m0/s1. The molecule has 0 fully saturated rings. The maximum absolute atomic E-state index is 13.0. The summed E-state index contributed by atoms with van der Waals surface area (Å²) in [4.78, 5) is 65.7. The van der Waals surface area contributed by atoms with Crippen molar-refractivity contribution < 1.29 is 19.2 Å². The van der Waals surface area contributed by atoms with Crippen LogP contribution in [0.25, 0.3) is 11.4 Å². The third-order valence-electron chi connectivity index (χ3n) is 5.85. The highest BCUT2D eigenvalue weighted by Gasteiger charge is 2.26. The fraction of sp³-hybridized carbons (Fsp3) is 0.346. The maximum Gasteiger partial charge on any atom is 0.251 e. The van der Waals surface area contributed by atoms with E-state index in [9.17, 15) is 19.2 Å². The van der Waals surface area contributed by atoms with Crippen LogP contribution >= 0.6 is 0 Å². The first kappa shape index (κ1) is 28.9. The van der Waals surface area contributed by atoms with Crippen LogP contribution in [0.4, 0.5) is 0 Å². The lowest BCUT2D eigenvalue weighted by molar-refractivity contribution is -0.131. The Balaban J connectivity index is 1.62. The summed E-state index contributed by atoms with van der Waals surface area (Å²) in [6.07, 6.45) is 7.79. The molecule has 0 unspecified atom stereocenters. The number of imidazole rings is 1. The molecule has 3 heterocycles. The van der Waals surface area contributed by atoms with Crippen LogP contribution < -0.4 is 27.4 Å². The van der Waals surface area contributed by atoms with Gasteiger partial charge in [0.05, 0.1) is 24.3 Å². The van der Waals surface area contributed by atoms with Crippen molar-refractivity contribution in [3.8, 4) is 11.4 Å². The first-order valence-corrected chi connectivity index (χ1v) is 12.5. The fourth-order valence-electron chi connectivity index (χ4n) is 3.77. The lowest BCUT2D eigenvalue weighted by Crippen LogP contribution is -2.54. The van der Waals surface area contributed by atoms with E-state index in [1.54, 1.807) is 12.3 Å². The molecular formula is C26H33N9O4. The molecule has 13 heteroatoms. The highest BCUT2D eigenvalue weighted by molar-refractivity contribution is 5.98. The summed E-state index contributed by atoms with van der Waals surface area (Å²) in [5, 5.41) is 7.76. The smallest absolute Gasteiger partial charge is 0.251 e. The second kappa shape index (κ2) is 14.3. The number of amides is 4. The topological polar surface area (TPSA) is 211 Å². The number of rotatable bonds is 14. The highest BCUT2D eigenvalue weighted by Crippen LogP contribution is 2.16.